The molecule has 0 aromatic rings. The van der Waals surface area contributed by atoms with Crippen molar-refractivity contribution in [1.29, 1.82) is 0 Å². The highest BCUT2D eigenvalue weighted by atomic mass is 14.9. The Bertz CT molecular complexity index is 178. The third-order valence-electron chi connectivity index (χ3n) is 4.97. The Hall–Kier alpha value is -0.0400. The summed E-state index contributed by atoms with van der Waals surface area (Å²) in [5.74, 6) is 3.04. The average Bonchev–Trinajstić information content (AvgIpc) is 2.23. The second-order valence-corrected chi connectivity index (χ2v) is 5.69. The van der Waals surface area contributed by atoms with Crippen LogP contribution in [0.4, 0.5) is 0 Å². The van der Waals surface area contributed by atoms with Crippen LogP contribution >= 0.6 is 0 Å². The van der Waals surface area contributed by atoms with Crippen LogP contribution in [0.15, 0.2) is 0 Å². The van der Waals surface area contributed by atoms with Gasteiger partial charge in [0.25, 0.3) is 0 Å². The maximum Gasteiger partial charge on any atom is 0.0121 e. The normalized spacial score (nSPS) is 34.8. The number of hydrogen-bond acceptors (Lipinski definition) is 1. The van der Waals surface area contributed by atoms with Gasteiger partial charge in [-0.25, -0.2) is 0 Å². The first-order valence-corrected chi connectivity index (χ1v) is 7.02. The Balaban J connectivity index is 1.81. The predicted octanol–water partition coefficient (Wildman–Crippen LogP) is 3.59. The number of rotatable bonds is 4. The van der Waals surface area contributed by atoms with Crippen molar-refractivity contribution in [3.8, 4) is 0 Å². The molecule has 0 bridgehead atoms. The van der Waals surface area contributed by atoms with Crippen LogP contribution in [0.2, 0.25) is 0 Å². The summed E-state index contributed by atoms with van der Waals surface area (Å²) in [6.07, 6.45) is 11.8. The van der Waals surface area contributed by atoms with Crippen LogP contribution in [0.25, 0.3) is 0 Å². The molecule has 0 spiro atoms. The van der Waals surface area contributed by atoms with Crippen molar-refractivity contribution < 1.29 is 0 Å². The number of hydrogen-bond donors (Lipinski definition) is 1. The van der Waals surface area contributed by atoms with Crippen LogP contribution in [0.1, 0.15) is 58.3 Å². The van der Waals surface area contributed by atoms with Crippen molar-refractivity contribution in [1.82, 2.24) is 5.32 Å². The Morgan fingerprint density at radius 1 is 1.00 bits per heavy atom. The molecule has 0 amide bonds. The SMILES string of the molecule is CCC1CCC(C(NC)C2CCC2)CC1. The molecule has 1 atom stereocenters. The highest BCUT2D eigenvalue weighted by Gasteiger charge is 2.33. The van der Waals surface area contributed by atoms with Crippen molar-refractivity contribution in [2.45, 2.75) is 64.3 Å². The van der Waals surface area contributed by atoms with E-state index in [1.165, 1.54) is 51.4 Å². The Kier molecular flexibility index (Phi) is 4.07. The molecule has 2 aliphatic rings. The van der Waals surface area contributed by atoms with Gasteiger partial charge in [0.1, 0.15) is 0 Å². The summed E-state index contributed by atoms with van der Waals surface area (Å²) < 4.78 is 0. The van der Waals surface area contributed by atoms with Crippen LogP contribution in [-0.4, -0.2) is 13.1 Å². The van der Waals surface area contributed by atoms with E-state index in [1.54, 1.807) is 0 Å². The van der Waals surface area contributed by atoms with Gasteiger partial charge in [0.15, 0.2) is 0 Å². The summed E-state index contributed by atoms with van der Waals surface area (Å²) in [5.41, 5.74) is 0. The topological polar surface area (TPSA) is 12.0 Å². The average molecular weight is 209 g/mol. The molecule has 0 aromatic carbocycles. The third kappa shape index (κ3) is 2.55. The van der Waals surface area contributed by atoms with E-state index in [0.717, 1.165) is 23.8 Å². The van der Waals surface area contributed by atoms with Crippen molar-refractivity contribution in [2.24, 2.45) is 17.8 Å². The van der Waals surface area contributed by atoms with E-state index in [-0.39, 0.29) is 0 Å². The molecule has 2 saturated carbocycles. The van der Waals surface area contributed by atoms with Crippen molar-refractivity contribution in [2.75, 3.05) is 7.05 Å². The lowest BCUT2D eigenvalue weighted by Gasteiger charge is -2.41. The zero-order chi connectivity index (χ0) is 10.7. The zero-order valence-corrected chi connectivity index (χ0v) is 10.5. The minimum absolute atomic E-state index is 0.844. The van der Waals surface area contributed by atoms with Crippen molar-refractivity contribution >= 4 is 0 Å². The van der Waals surface area contributed by atoms with E-state index < -0.39 is 0 Å². The van der Waals surface area contributed by atoms with Gasteiger partial charge in [0.2, 0.25) is 0 Å². The van der Waals surface area contributed by atoms with Gasteiger partial charge in [-0.3, -0.25) is 0 Å². The lowest BCUT2D eigenvalue weighted by molar-refractivity contribution is 0.136. The fourth-order valence-corrected chi connectivity index (χ4v) is 3.61. The molecule has 1 unspecified atom stereocenters. The van der Waals surface area contributed by atoms with E-state index in [9.17, 15) is 0 Å². The molecular weight excluding hydrogens is 182 g/mol. The minimum Gasteiger partial charge on any atom is -0.316 e. The van der Waals surface area contributed by atoms with E-state index in [0.29, 0.717) is 0 Å². The summed E-state index contributed by atoms with van der Waals surface area (Å²) in [5, 5.41) is 3.61. The van der Waals surface area contributed by atoms with Crippen LogP contribution < -0.4 is 5.32 Å². The highest BCUT2D eigenvalue weighted by Crippen LogP contribution is 2.39. The lowest BCUT2D eigenvalue weighted by Crippen LogP contribution is -2.44. The van der Waals surface area contributed by atoms with Crippen molar-refractivity contribution in [3.63, 3.8) is 0 Å². The van der Waals surface area contributed by atoms with Crippen LogP contribution in [0.5, 0.6) is 0 Å². The molecule has 1 heteroatoms. The zero-order valence-electron chi connectivity index (χ0n) is 10.5. The fourth-order valence-electron chi connectivity index (χ4n) is 3.61. The first-order chi connectivity index (χ1) is 7.35. The van der Waals surface area contributed by atoms with Gasteiger partial charge in [-0.2, -0.15) is 0 Å². The van der Waals surface area contributed by atoms with Crippen LogP contribution in [0.3, 0.4) is 0 Å². The van der Waals surface area contributed by atoms with Crippen LogP contribution in [0, 0.1) is 17.8 Å². The Morgan fingerprint density at radius 3 is 2.00 bits per heavy atom. The largest absolute Gasteiger partial charge is 0.316 e. The smallest absolute Gasteiger partial charge is 0.0121 e. The molecule has 15 heavy (non-hydrogen) atoms. The summed E-state index contributed by atoms with van der Waals surface area (Å²) in [7, 11) is 2.18. The van der Waals surface area contributed by atoms with Crippen molar-refractivity contribution in [3.05, 3.63) is 0 Å². The van der Waals surface area contributed by atoms with Gasteiger partial charge >= 0.3 is 0 Å². The molecule has 0 aromatic heterocycles. The molecule has 0 aliphatic heterocycles. The predicted molar refractivity (Wildman–Crippen MR) is 65.9 cm³/mol. The maximum absolute atomic E-state index is 3.61. The minimum atomic E-state index is 0.844. The first-order valence-electron chi connectivity index (χ1n) is 7.02. The second kappa shape index (κ2) is 5.34. The molecular formula is C14H27N. The van der Waals surface area contributed by atoms with E-state index >= 15 is 0 Å². The first kappa shape index (κ1) is 11.4. The van der Waals surface area contributed by atoms with E-state index in [4.69, 9.17) is 0 Å². The molecule has 0 radical (unpaired) electrons. The number of nitrogens with one attached hydrogen (secondary N) is 1. The molecule has 0 heterocycles. The molecule has 88 valence electrons. The standard InChI is InChI=1S/C14H27N/c1-3-11-7-9-13(10-8-11)14(15-2)12-5-4-6-12/h11-15H,3-10H2,1-2H3. The Labute approximate surface area is 95.0 Å². The van der Waals surface area contributed by atoms with E-state index in [2.05, 4.69) is 19.3 Å². The summed E-state index contributed by atoms with van der Waals surface area (Å²) in [6, 6.07) is 0.844. The summed E-state index contributed by atoms with van der Waals surface area (Å²) in [4.78, 5) is 0. The maximum atomic E-state index is 3.61. The molecule has 0 saturated heterocycles. The highest BCUT2D eigenvalue weighted by molar-refractivity contribution is 4.89. The fraction of sp³-hybridized carbons (Fsp3) is 1.00. The molecule has 1 N–H and O–H groups in total. The van der Waals surface area contributed by atoms with Gasteiger partial charge in [-0.05, 0) is 50.5 Å². The van der Waals surface area contributed by atoms with Gasteiger partial charge in [-0.1, -0.05) is 32.6 Å². The second-order valence-electron chi connectivity index (χ2n) is 5.69. The monoisotopic (exact) mass is 209 g/mol. The van der Waals surface area contributed by atoms with Gasteiger partial charge in [-0.15, -0.1) is 0 Å². The van der Waals surface area contributed by atoms with Gasteiger partial charge in [0, 0.05) is 6.04 Å². The molecule has 1 nitrogen and oxygen atoms in total. The third-order valence-corrected chi connectivity index (χ3v) is 4.97. The summed E-state index contributed by atoms with van der Waals surface area (Å²) >= 11 is 0. The quantitative estimate of drug-likeness (QED) is 0.746. The molecule has 2 aliphatic carbocycles. The van der Waals surface area contributed by atoms with Gasteiger partial charge < -0.3 is 5.32 Å². The summed E-state index contributed by atoms with van der Waals surface area (Å²) in [6.45, 7) is 2.35. The van der Waals surface area contributed by atoms with Gasteiger partial charge in [0.05, 0.1) is 0 Å². The molecule has 2 rings (SSSR count). The Morgan fingerprint density at radius 2 is 1.60 bits per heavy atom. The lowest BCUT2D eigenvalue weighted by atomic mass is 9.69. The van der Waals surface area contributed by atoms with E-state index in [1.807, 2.05) is 0 Å². The molecule has 2 fully saturated rings. The van der Waals surface area contributed by atoms with Crippen LogP contribution in [-0.2, 0) is 0 Å².